The molecule has 0 heterocycles. The number of nitrogens with zero attached hydrogens (tertiary/aromatic N) is 1. The Morgan fingerprint density at radius 1 is 1.07 bits per heavy atom. The van der Waals surface area contributed by atoms with Gasteiger partial charge in [0.1, 0.15) is 0 Å². The Bertz CT molecular complexity index is 1240. The van der Waals surface area contributed by atoms with Gasteiger partial charge in [-0.25, -0.2) is 0 Å². The minimum Gasteiger partial charge on any atom is -0.392 e. The number of hydrogen-bond donors (Lipinski definition) is 4. The van der Waals surface area contributed by atoms with Crippen molar-refractivity contribution < 1.29 is 19.8 Å². The van der Waals surface area contributed by atoms with E-state index in [2.05, 4.69) is 34.0 Å². The maximum Gasteiger partial charge on any atom is 0.249 e. The molecule has 2 aromatic rings. The van der Waals surface area contributed by atoms with E-state index in [1.807, 2.05) is 80.3 Å². The second kappa shape index (κ2) is 15.6. The van der Waals surface area contributed by atoms with Crippen LogP contribution >= 0.6 is 22.6 Å². The topological polar surface area (TPSA) is 116 Å². The normalized spacial score (nSPS) is 18.3. The van der Waals surface area contributed by atoms with Crippen molar-refractivity contribution in [2.45, 2.75) is 65.7 Å². The van der Waals surface area contributed by atoms with Gasteiger partial charge in [-0.15, -0.1) is 0 Å². The molecule has 0 bridgehead atoms. The van der Waals surface area contributed by atoms with Crippen molar-refractivity contribution >= 4 is 34.4 Å². The van der Waals surface area contributed by atoms with Crippen molar-refractivity contribution in [3.8, 4) is 0 Å². The molecule has 0 fully saturated rings. The van der Waals surface area contributed by atoms with Crippen LogP contribution in [0.5, 0.6) is 0 Å². The fourth-order valence-corrected chi connectivity index (χ4v) is 6.37. The average Bonchev–Trinajstić information content (AvgIpc) is 2.95. The highest BCUT2D eigenvalue weighted by molar-refractivity contribution is 14.1. The molecular formula is C33H44IN3O4. The van der Waals surface area contributed by atoms with Gasteiger partial charge in [0.15, 0.2) is 0 Å². The van der Waals surface area contributed by atoms with E-state index >= 15 is 0 Å². The summed E-state index contributed by atoms with van der Waals surface area (Å²) >= 11 is 2.27. The van der Waals surface area contributed by atoms with Crippen LogP contribution < -0.4 is 11.1 Å². The van der Waals surface area contributed by atoms with Crippen LogP contribution in [0.2, 0.25) is 0 Å². The minimum atomic E-state index is -1.26. The molecule has 0 saturated carbocycles. The van der Waals surface area contributed by atoms with Crippen LogP contribution in [0.4, 0.5) is 0 Å². The summed E-state index contributed by atoms with van der Waals surface area (Å²) in [5, 5.41) is 24.6. The van der Waals surface area contributed by atoms with E-state index in [1.54, 1.807) is 0 Å². The number of primary amides is 1. The largest absolute Gasteiger partial charge is 0.392 e. The lowest BCUT2D eigenvalue weighted by molar-refractivity contribution is -0.132. The molecule has 1 aliphatic rings. The van der Waals surface area contributed by atoms with Gasteiger partial charge in [0.2, 0.25) is 11.8 Å². The molecule has 0 aliphatic heterocycles. The molecule has 0 radical (unpaired) electrons. The van der Waals surface area contributed by atoms with Crippen molar-refractivity contribution in [2.24, 2.45) is 17.1 Å². The van der Waals surface area contributed by atoms with Crippen LogP contribution in [0.3, 0.4) is 0 Å². The van der Waals surface area contributed by atoms with Crippen LogP contribution in [-0.2, 0) is 29.2 Å². The molecule has 1 unspecified atom stereocenters. The van der Waals surface area contributed by atoms with Gasteiger partial charge in [-0.1, -0.05) is 68.0 Å². The molecule has 7 nitrogen and oxygen atoms in total. The van der Waals surface area contributed by atoms with Crippen molar-refractivity contribution in [3.05, 3.63) is 92.1 Å². The number of allylic oxidation sites excluding steroid dienone is 2. The summed E-state index contributed by atoms with van der Waals surface area (Å²) in [6.07, 6.45) is 4.97. The fraction of sp³-hybridized carbons (Fsp3) is 0.455. The first-order valence-corrected chi connectivity index (χ1v) is 15.5. The molecule has 0 aromatic heterocycles. The summed E-state index contributed by atoms with van der Waals surface area (Å²) in [6, 6.07) is 15.6. The van der Waals surface area contributed by atoms with Gasteiger partial charge in [0.25, 0.3) is 0 Å². The predicted molar refractivity (Wildman–Crippen MR) is 172 cm³/mol. The maximum atomic E-state index is 13.7. The number of nitrogens with one attached hydrogen (secondary N) is 1. The molecule has 5 N–H and O–H groups in total. The van der Waals surface area contributed by atoms with Crippen LogP contribution in [-0.4, -0.2) is 52.7 Å². The van der Waals surface area contributed by atoms with E-state index in [0.29, 0.717) is 31.6 Å². The van der Waals surface area contributed by atoms with Gasteiger partial charge in [-0.2, -0.15) is 0 Å². The third-order valence-electron chi connectivity index (χ3n) is 7.74. The Labute approximate surface area is 258 Å². The first-order valence-electron chi connectivity index (χ1n) is 14.4. The lowest BCUT2D eigenvalue weighted by Gasteiger charge is -2.42. The summed E-state index contributed by atoms with van der Waals surface area (Å²) in [5.74, 6) is -1.23. The van der Waals surface area contributed by atoms with E-state index in [4.69, 9.17) is 5.73 Å². The molecule has 2 aromatic carbocycles. The van der Waals surface area contributed by atoms with E-state index in [-0.39, 0.29) is 25.5 Å². The fourth-order valence-electron chi connectivity index (χ4n) is 5.76. The third-order valence-corrected chi connectivity index (χ3v) is 8.41. The minimum absolute atomic E-state index is 0.0654. The molecule has 0 saturated heterocycles. The summed E-state index contributed by atoms with van der Waals surface area (Å²) in [5.41, 5.74) is 9.06. The second-order valence-electron chi connectivity index (χ2n) is 11.0. The second-order valence-corrected chi connectivity index (χ2v) is 12.3. The number of halogens is 1. The molecule has 41 heavy (non-hydrogen) atoms. The molecular weight excluding hydrogens is 629 g/mol. The smallest absolute Gasteiger partial charge is 0.249 e. The van der Waals surface area contributed by atoms with E-state index in [9.17, 15) is 19.8 Å². The Kier molecular flexibility index (Phi) is 12.6. The highest BCUT2D eigenvalue weighted by Crippen LogP contribution is 2.44. The van der Waals surface area contributed by atoms with Gasteiger partial charge in [-0.05, 0) is 84.0 Å². The van der Waals surface area contributed by atoms with Crippen molar-refractivity contribution in [1.29, 1.82) is 0 Å². The quantitative estimate of drug-likeness (QED) is 0.208. The van der Waals surface area contributed by atoms with Crippen LogP contribution in [0.1, 0.15) is 56.7 Å². The standard InChI is InChI=1S/C33H44IN3O4/c1-4-13-37(14-5-2)31(40)27-15-23(3)18-33(19-27,32(35)41)29(17-24-9-11-25(22-38)12-10-24)30(39)21-36-20-26-7-6-8-28(34)16-26/h6-12,15-16,18,29-30,36,38-39H,4-5,13-14,17,19-22H2,1-3H3,(H2,35,41)/t29-,30+,33?/m1/s1. The number of carbonyl (C=O) groups excluding carboxylic acids is 2. The van der Waals surface area contributed by atoms with Gasteiger partial charge in [-0.3, -0.25) is 9.59 Å². The van der Waals surface area contributed by atoms with Gasteiger partial charge < -0.3 is 26.2 Å². The van der Waals surface area contributed by atoms with Crippen LogP contribution in [0.25, 0.3) is 0 Å². The van der Waals surface area contributed by atoms with Crippen LogP contribution in [0.15, 0.2) is 71.8 Å². The Morgan fingerprint density at radius 2 is 1.73 bits per heavy atom. The first-order chi connectivity index (χ1) is 19.6. The molecule has 8 heteroatoms. The van der Waals surface area contributed by atoms with Crippen molar-refractivity contribution in [2.75, 3.05) is 19.6 Å². The number of rotatable bonds is 15. The number of hydrogen-bond acceptors (Lipinski definition) is 5. The number of amides is 2. The zero-order chi connectivity index (χ0) is 30.0. The molecule has 1 aliphatic carbocycles. The number of benzene rings is 2. The van der Waals surface area contributed by atoms with Gasteiger partial charge in [0, 0.05) is 41.2 Å². The lowest BCUT2D eigenvalue weighted by atomic mass is 9.63. The zero-order valence-corrected chi connectivity index (χ0v) is 26.6. The highest BCUT2D eigenvalue weighted by Gasteiger charge is 2.48. The van der Waals surface area contributed by atoms with E-state index in [1.165, 1.54) is 0 Å². The summed E-state index contributed by atoms with van der Waals surface area (Å²) in [4.78, 5) is 29.0. The monoisotopic (exact) mass is 673 g/mol. The van der Waals surface area contributed by atoms with Crippen molar-refractivity contribution in [3.63, 3.8) is 0 Å². The molecule has 222 valence electrons. The average molecular weight is 674 g/mol. The zero-order valence-electron chi connectivity index (χ0n) is 24.4. The summed E-state index contributed by atoms with van der Waals surface area (Å²) in [6.45, 7) is 8.00. The number of aliphatic hydroxyl groups excluding tert-OH is 2. The van der Waals surface area contributed by atoms with Gasteiger partial charge in [0.05, 0.1) is 18.1 Å². The highest BCUT2D eigenvalue weighted by atomic mass is 127. The molecule has 3 rings (SSSR count). The van der Waals surface area contributed by atoms with Gasteiger partial charge >= 0.3 is 0 Å². The molecule has 2 amide bonds. The summed E-state index contributed by atoms with van der Waals surface area (Å²) in [7, 11) is 0. The van der Waals surface area contributed by atoms with Crippen LogP contribution in [0, 0.1) is 14.9 Å². The third kappa shape index (κ3) is 8.73. The number of carbonyl (C=O) groups is 2. The number of aliphatic hydroxyl groups is 2. The Hall–Kier alpha value is -2.53. The lowest BCUT2D eigenvalue weighted by Crippen LogP contribution is -2.51. The van der Waals surface area contributed by atoms with E-state index in [0.717, 1.165) is 38.7 Å². The van der Waals surface area contributed by atoms with Crippen molar-refractivity contribution in [1.82, 2.24) is 10.2 Å². The van der Waals surface area contributed by atoms with E-state index < -0.39 is 23.3 Å². The molecule has 0 spiro atoms. The Morgan fingerprint density at radius 3 is 2.32 bits per heavy atom. The molecule has 3 atom stereocenters. The SMILES string of the molecule is CCCN(CCC)C(=O)C1=CC(C)=CC(C(N)=O)([C@H](Cc2ccc(CO)cc2)[C@@H](O)CNCc2cccc(I)c2)C1. The predicted octanol–water partition coefficient (Wildman–Crippen LogP) is 4.49. The number of nitrogens with two attached hydrogens (primary N) is 1. The first kappa shape index (κ1) is 33.0. The Balaban J connectivity index is 1.96. The summed E-state index contributed by atoms with van der Waals surface area (Å²) < 4.78 is 1.13. The maximum absolute atomic E-state index is 13.7.